The fourth-order valence-corrected chi connectivity index (χ4v) is 1.69. The van der Waals surface area contributed by atoms with Crippen LogP contribution in [-0.4, -0.2) is 6.54 Å². The molecule has 0 amide bonds. The number of halogens is 3. The Bertz CT molecular complexity index is 286. The SMILES string of the molecule is NCCc1cc(Cl)cc(Cl)c1Cl. The number of hydrogen-bond donors (Lipinski definition) is 1. The van der Waals surface area contributed by atoms with Crippen LogP contribution in [-0.2, 0) is 6.42 Å². The molecule has 0 aliphatic rings. The van der Waals surface area contributed by atoms with Crippen molar-refractivity contribution in [3.8, 4) is 0 Å². The minimum atomic E-state index is 0.479. The molecule has 0 bridgehead atoms. The van der Waals surface area contributed by atoms with Gasteiger partial charge in [0.1, 0.15) is 0 Å². The van der Waals surface area contributed by atoms with Crippen molar-refractivity contribution in [3.63, 3.8) is 0 Å². The third-order valence-electron chi connectivity index (χ3n) is 1.48. The number of rotatable bonds is 2. The maximum absolute atomic E-state index is 5.90. The Morgan fingerprint density at radius 1 is 1.17 bits per heavy atom. The fourth-order valence-electron chi connectivity index (χ4n) is 0.947. The second kappa shape index (κ2) is 4.33. The standard InChI is InChI=1S/C8H8Cl3N/c9-6-3-5(1-2-12)8(11)7(10)4-6/h3-4H,1-2,12H2. The molecule has 1 nitrogen and oxygen atoms in total. The predicted octanol–water partition coefficient (Wildman–Crippen LogP) is 3.15. The molecule has 1 aromatic carbocycles. The first-order valence-electron chi connectivity index (χ1n) is 3.48. The fraction of sp³-hybridized carbons (Fsp3) is 0.250. The molecule has 0 aromatic heterocycles. The van der Waals surface area contributed by atoms with Gasteiger partial charge >= 0.3 is 0 Å². The third-order valence-corrected chi connectivity index (χ3v) is 2.54. The zero-order valence-corrected chi connectivity index (χ0v) is 8.55. The molecule has 0 aliphatic heterocycles. The smallest absolute Gasteiger partial charge is 0.0625 e. The van der Waals surface area contributed by atoms with Crippen LogP contribution in [0.25, 0.3) is 0 Å². The van der Waals surface area contributed by atoms with Gasteiger partial charge in [-0.15, -0.1) is 0 Å². The molecule has 0 aliphatic carbocycles. The van der Waals surface area contributed by atoms with Crippen LogP contribution in [0.5, 0.6) is 0 Å². The van der Waals surface area contributed by atoms with Crippen molar-refractivity contribution < 1.29 is 0 Å². The van der Waals surface area contributed by atoms with Gasteiger partial charge in [0.2, 0.25) is 0 Å². The second-order valence-corrected chi connectivity index (χ2v) is 3.62. The van der Waals surface area contributed by atoms with Gasteiger partial charge in [-0.05, 0) is 30.7 Å². The van der Waals surface area contributed by atoms with E-state index in [1.54, 1.807) is 12.1 Å². The van der Waals surface area contributed by atoms with Crippen molar-refractivity contribution >= 4 is 34.8 Å². The molecule has 0 fully saturated rings. The first kappa shape index (κ1) is 10.1. The van der Waals surface area contributed by atoms with E-state index >= 15 is 0 Å². The van der Waals surface area contributed by atoms with Crippen molar-refractivity contribution in [3.05, 3.63) is 32.8 Å². The summed E-state index contributed by atoms with van der Waals surface area (Å²) in [6.45, 7) is 0.538. The summed E-state index contributed by atoms with van der Waals surface area (Å²) >= 11 is 17.5. The summed E-state index contributed by atoms with van der Waals surface area (Å²) < 4.78 is 0. The first-order chi connectivity index (χ1) is 5.65. The van der Waals surface area contributed by atoms with Gasteiger partial charge in [0.15, 0.2) is 0 Å². The van der Waals surface area contributed by atoms with E-state index in [4.69, 9.17) is 40.5 Å². The van der Waals surface area contributed by atoms with Crippen molar-refractivity contribution in [1.29, 1.82) is 0 Å². The predicted molar refractivity (Wildman–Crippen MR) is 54.2 cm³/mol. The molecule has 0 saturated carbocycles. The van der Waals surface area contributed by atoms with E-state index in [2.05, 4.69) is 0 Å². The van der Waals surface area contributed by atoms with Gasteiger partial charge in [0.05, 0.1) is 10.0 Å². The lowest BCUT2D eigenvalue weighted by Crippen LogP contribution is -2.03. The topological polar surface area (TPSA) is 26.0 Å². The molecule has 1 aromatic rings. The highest BCUT2D eigenvalue weighted by molar-refractivity contribution is 6.43. The average molecular weight is 225 g/mol. The summed E-state index contributed by atoms with van der Waals surface area (Å²) in [6, 6.07) is 3.40. The maximum atomic E-state index is 5.90. The van der Waals surface area contributed by atoms with Gasteiger partial charge in [0, 0.05) is 5.02 Å². The zero-order valence-electron chi connectivity index (χ0n) is 6.28. The van der Waals surface area contributed by atoms with E-state index in [0.717, 1.165) is 5.56 Å². The largest absolute Gasteiger partial charge is 0.330 e. The minimum absolute atomic E-state index is 0.479. The molecule has 0 spiro atoms. The molecule has 0 radical (unpaired) electrons. The summed E-state index contributed by atoms with van der Waals surface area (Å²) in [5.41, 5.74) is 6.28. The molecule has 4 heteroatoms. The number of nitrogens with two attached hydrogens (primary N) is 1. The highest BCUT2D eigenvalue weighted by atomic mass is 35.5. The second-order valence-electron chi connectivity index (χ2n) is 2.40. The maximum Gasteiger partial charge on any atom is 0.0625 e. The normalized spacial score (nSPS) is 10.3. The van der Waals surface area contributed by atoms with Crippen LogP contribution in [0.1, 0.15) is 5.56 Å². The van der Waals surface area contributed by atoms with Crippen molar-refractivity contribution in [2.24, 2.45) is 5.73 Å². The van der Waals surface area contributed by atoms with Gasteiger partial charge in [-0.2, -0.15) is 0 Å². The quantitative estimate of drug-likeness (QED) is 0.768. The molecule has 2 N–H and O–H groups in total. The van der Waals surface area contributed by atoms with Crippen LogP contribution in [0.4, 0.5) is 0 Å². The van der Waals surface area contributed by atoms with E-state index in [0.29, 0.717) is 28.0 Å². The van der Waals surface area contributed by atoms with Gasteiger partial charge < -0.3 is 5.73 Å². The van der Waals surface area contributed by atoms with E-state index in [9.17, 15) is 0 Å². The summed E-state index contributed by atoms with van der Waals surface area (Å²) in [4.78, 5) is 0. The van der Waals surface area contributed by atoms with Crippen LogP contribution >= 0.6 is 34.8 Å². The average Bonchev–Trinajstić information content (AvgIpc) is 2.00. The Morgan fingerprint density at radius 2 is 1.83 bits per heavy atom. The van der Waals surface area contributed by atoms with E-state index < -0.39 is 0 Å². The lowest BCUT2D eigenvalue weighted by molar-refractivity contribution is 0.969. The highest BCUT2D eigenvalue weighted by Crippen LogP contribution is 2.29. The number of hydrogen-bond acceptors (Lipinski definition) is 1. The molecule has 0 heterocycles. The summed E-state index contributed by atoms with van der Waals surface area (Å²) in [5.74, 6) is 0. The Labute approximate surface area is 86.4 Å². The molecular weight excluding hydrogens is 216 g/mol. The summed E-state index contributed by atoms with van der Waals surface area (Å²) in [7, 11) is 0. The van der Waals surface area contributed by atoms with E-state index in [1.807, 2.05) is 0 Å². The van der Waals surface area contributed by atoms with Crippen molar-refractivity contribution in [2.45, 2.75) is 6.42 Å². The lowest BCUT2D eigenvalue weighted by atomic mass is 10.1. The molecule has 0 unspecified atom stereocenters. The van der Waals surface area contributed by atoms with Crippen molar-refractivity contribution in [2.75, 3.05) is 6.54 Å². The Hall–Kier alpha value is 0.0500. The monoisotopic (exact) mass is 223 g/mol. The van der Waals surface area contributed by atoms with E-state index in [1.165, 1.54) is 0 Å². The number of benzene rings is 1. The molecule has 1 rings (SSSR count). The lowest BCUT2D eigenvalue weighted by Gasteiger charge is -2.04. The van der Waals surface area contributed by atoms with E-state index in [-0.39, 0.29) is 0 Å². The molecule has 66 valence electrons. The Balaban J connectivity index is 3.09. The summed E-state index contributed by atoms with van der Waals surface area (Å²) in [6.07, 6.45) is 0.694. The van der Waals surface area contributed by atoms with Crippen LogP contribution in [0.3, 0.4) is 0 Å². The molecular formula is C8H8Cl3N. The van der Waals surface area contributed by atoms with Crippen LogP contribution in [0.15, 0.2) is 12.1 Å². The van der Waals surface area contributed by atoms with Gasteiger partial charge in [-0.1, -0.05) is 34.8 Å². The Kier molecular flexibility index (Phi) is 3.66. The zero-order chi connectivity index (χ0) is 9.14. The molecule has 0 saturated heterocycles. The van der Waals surface area contributed by atoms with Crippen molar-refractivity contribution in [1.82, 2.24) is 0 Å². The van der Waals surface area contributed by atoms with Crippen LogP contribution < -0.4 is 5.73 Å². The highest BCUT2D eigenvalue weighted by Gasteiger charge is 2.05. The first-order valence-corrected chi connectivity index (χ1v) is 4.62. The van der Waals surface area contributed by atoms with Gasteiger partial charge in [-0.3, -0.25) is 0 Å². The van der Waals surface area contributed by atoms with Gasteiger partial charge in [-0.25, -0.2) is 0 Å². The summed E-state index contributed by atoms with van der Waals surface area (Å²) in [5, 5.41) is 1.62. The minimum Gasteiger partial charge on any atom is -0.330 e. The molecule has 0 atom stereocenters. The van der Waals surface area contributed by atoms with Gasteiger partial charge in [0.25, 0.3) is 0 Å². The van der Waals surface area contributed by atoms with Crippen LogP contribution in [0.2, 0.25) is 15.1 Å². The third kappa shape index (κ3) is 2.27. The Morgan fingerprint density at radius 3 is 2.42 bits per heavy atom. The molecule has 12 heavy (non-hydrogen) atoms. The van der Waals surface area contributed by atoms with Crippen LogP contribution in [0, 0.1) is 0 Å².